The Balaban J connectivity index is 1.24. The molecule has 0 bridgehead atoms. The van der Waals surface area contributed by atoms with Gasteiger partial charge in [-0.05, 0) is 62.1 Å². The fourth-order valence-electron chi connectivity index (χ4n) is 5.84. The van der Waals surface area contributed by atoms with E-state index >= 15 is 0 Å². The van der Waals surface area contributed by atoms with Gasteiger partial charge in [-0.25, -0.2) is 9.37 Å². The average Bonchev–Trinajstić information content (AvgIpc) is 3.08. The fraction of sp³-hybridized carbons (Fsp3) is 0.480. The summed E-state index contributed by atoms with van der Waals surface area (Å²) < 4.78 is 56.3. The van der Waals surface area contributed by atoms with Crippen LogP contribution >= 0.6 is 11.6 Å². The number of fused-ring (bicyclic) bond motifs is 3. The number of aromatic nitrogens is 4. The van der Waals surface area contributed by atoms with E-state index in [4.69, 9.17) is 11.6 Å². The van der Waals surface area contributed by atoms with Crippen molar-refractivity contribution >= 4 is 17.4 Å². The highest BCUT2D eigenvalue weighted by Crippen LogP contribution is 2.56. The molecule has 1 atom stereocenters. The summed E-state index contributed by atoms with van der Waals surface area (Å²) in [5.41, 5.74) is 2.23. The SMILES string of the molecule is Cc1cc(N2CC3(CC(c4nnc5n4-c4ccc(Cl)cc4CN(C(C)C(F)(F)F)C5)C3)C2)ncc1F. The molecule has 1 saturated heterocycles. The Labute approximate surface area is 210 Å². The summed E-state index contributed by atoms with van der Waals surface area (Å²) >= 11 is 6.22. The Morgan fingerprint density at radius 1 is 1.11 bits per heavy atom. The molecule has 0 radical (unpaired) electrons. The van der Waals surface area contributed by atoms with Gasteiger partial charge in [-0.1, -0.05) is 11.6 Å². The highest BCUT2D eigenvalue weighted by atomic mass is 35.5. The Bertz CT molecular complexity index is 1320. The number of pyridine rings is 1. The van der Waals surface area contributed by atoms with Crippen molar-refractivity contribution in [1.82, 2.24) is 24.6 Å². The van der Waals surface area contributed by atoms with E-state index in [0.717, 1.165) is 48.8 Å². The van der Waals surface area contributed by atoms with E-state index in [9.17, 15) is 17.6 Å². The number of anilines is 1. The third kappa shape index (κ3) is 3.85. The van der Waals surface area contributed by atoms with Crippen LogP contribution in [-0.2, 0) is 13.1 Å². The minimum Gasteiger partial charge on any atom is -0.355 e. The lowest BCUT2D eigenvalue weighted by Crippen LogP contribution is -2.62. The summed E-state index contributed by atoms with van der Waals surface area (Å²) in [7, 11) is 0. The van der Waals surface area contributed by atoms with Gasteiger partial charge in [0.05, 0.1) is 18.4 Å². The van der Waals surface area contributed by atoms with E-state index in [-0.39, 0.29) is 30.2 Å². The second-order valence-corrected chi connectivity index (χ2v) is 10.9. The lowest BCUT2D eigenvalue weighted by Gasteiger charge is -2.59. The van der Waals surface area contributed by atoms with E-state index in [1.54, 1.807) is 25.1 Å². The minimum atomic E-state index is -4.36. The van der Waals surface area contributed by atoms with E-state index in [1.165, 1.54) is 18.0 Å². The van der Waals surface area contributed by atoms with Crippen LogP contribution in [0.5, 0.6) is 0 Å². The summed E-state index contributed by atoms with van der Waals surface area (Å²) in [6, 6.07) is 5.47. The van der Waals surface area contributed by atoms with Gasteiger partial charge in [0.25, 0.3) is 0 Å². The van der Waals surface area contributed by atoms with Crippen molar-refractivity contribution in [2.75, 3.05) is 18.0 Å². The van der Waals surface area contributed by atoms with Crippen molar-refractivity contribution in [3.05, 3.63) is 64.1 Å². The van der Waals surface area contributed by atoms with E-state index in [1.807, 2.05) is 10.6 Å². The molecule has 11 heteroatoms. The molecular formula is C25H25ClF4N6. The van der Waals surface area contributed by atoms with Crippen LogP contribution in [0, 0.1) is 18.2 Å². The number of hydrogen-bond acceptors (Lipinski definition) is 5. The Hall–Kier alpha value is -2.72. The number of rotatable bonds is 3. The van der Waals surface area contributed by atoms with Crippen LogP contribution in [0.4, 0.5) is 23.4 Å². The molecule has 1 saturated carbocycles. The molecule has 1 spiro atoms. The number of hydrogen-bond donors (Lipinski definition) is 0. The first-order valence-corrected chi connectivity index (χ1v) is 12.3. The van der Waals surface area contributed by atoms with Gasteiger partial charge in [0.15, 0.2) is 5.82 Å². The van der Waals surface area contributed by atoms with Crippen molar-refractivity contribution in [2.24, 2.45) is 5.41 Å². The molecule has 36 heavy (non-hydrogen) atoms. The number of halogens is 5. The van der Waals surface area contributed by atoms with Crippen molar-refractivity contribution in [3.63, 3.8) is 0 Å². The van der Waals surface area contributed by atoms with Crippen LogP contribution in [0.15, 0.2) is 30.5 Å². The van der Waals surface area contributed by atoms with Gasteiger partial charge >= 0.3 is 6.18 Å². The summed E-state index contributed by atoms with van der Waals surface area (Å²) in [5, 5.41) is 9.29. The number of nitrogens with zero attached hydrogens (tertiary/aromatic N) is 6. The number of benzene rings is 1. The van der Waals surface area contributed by atoms with Gasteiger partial charge in [-0.2, -0.15) is 13.2 Å². The summed E-state index contributed by atoms with van der Waals surface area (Å²) in [6.07, 6.45) is -1.27. The minimum absolute atomic E-state index is 0.0429. The zero-order chi connectivity index (χ0) is 25.4. The molecule has 2 aliphatic heterocycles. The molecule has 2 fully saturated rings. The smallest absolute Gasteiger partial charge is 0.355 e. The standard InChI is InChI=1S/C25H25ClF4N6/c1-14-5-21(31-9-19(14)27)35-12-24(13-35)7-17(8-24)23-33-32-22-11-34(15(2)25(28,29)30)10-16-6-18(26)3-4-20(16)36(22)23/h3-6,9,15,17H,7-8,10-13H2,1-2H3. The molecule has 3 aromatic rings. The number of aryl methyl sites for hydroxylation is 1. The topological polar surface area (TPSA) is 50.1 Å². The average molecular weight is 521 g/mol. The highest BCUT2D eigenvalue weighted by molar-refractivity contribution is 6.30. The molecule has 2 aromatic heterocycles. The third-order valence-electron chi connectivity index (χ3n) is 7.91. The van der Waals surface area contributed by atoms with Crippen molar-refractivity contribution in [3.8, 4) is 5.69 Å². The number of alkyl halides is 3. The highest BCUT2D eigenvalue weighted by Gasteiger charge is 2.54. The monoisotopic (exact) mass is 520 g/mol. The van der Waals surface area contributed by atoms with Crippen LogP contribution in [0.3, 0.4) is 0 Å². The zero-order valence-electron chi connectivity index (χ0n) is 19.9. The van der Waals surface area contributed by atoms with Crippen LogP contribution in [0.2, 0.25) is 5.02 Å². The maximum atomic E-state index is 13.6. The molecule has 1 aromatic carbocycles. The predicted octanol–water partition coefficient (Wildman–Crippen LogP) is 5.41. The maximum Gasteiger partial charge on any atom is 0.403 e. The van der Waals surface area contributed by atoms with Gasteiger partial charge < -0.3 is 4.90 Å². The third-order valence-corrected chi connectivity index (χ3v) is 8.15. The lowest BCUT2D eigenvalue weighted by molar-refractivity contribution is -0.182. The first kappa shape index (κ1) is 23.7. The van der Waals surface area contributed by atoms with Gasteiger partial charge in [-0.15, -0.1) is 10.2 Å². The van der Waals surface area contributed by atoms with E-state index in [0.29, 0.717) is 16.4 Å². The first-order valence-electron chi connectivity index (χ1n) is 11.9. The normalized spacial score (nSPS) is 20.4. The Kier molecular flexibility index (Phi) is 5.35. The zero-order valence-corrected chi connectivity index (χ0v) is 20.6. The summed E-state index contributed by atoms with van der Waals surface area (Å²) in [6.45, 7) is 4.74. The molecule has 3 aliphatic rings. The second kappa shape index (κ2) is 8.14. The van der Waals surface area contributed by atoms with Gasteiger partial charge in [0, 0.05) is 36.0 Å². The van der Waals surface area contributed by atoms with Crippen LogP contribution in [0.1, 0.15) is 48.5 Å². The molecular weight excluding hydrogens is 496 g/mol. The molecule has 1 aliphatic carbocycles. The Morgan fingerprint density at radius 2 is 1.86 bits per heavy atom. The van der Waals surface area contributed by atoms with Crippen molar-refractivity contribution in [2.45, 2.75) is 57.9 Å². The molecule has 6 nitrogen and oxygen atoms in total. The van der Waals surface area contributed by atoms with E-state index < -0.39 is 12.2 Å². The van der Waals surface area contributed by atoms with Gasteiger partial charge in [0.2, 0.25) is 0 Å². The molecule has 6 rings (SSSR count). The van der Waals surface area contributed by atoms with Gasteiger partial charge in [0.1, 0.15) is 23.5 Å². The predicted molar refractivity (Wildman–Crippen MR) is 127 cm³/mol. The molecule has 0 amide bonds. The molecule has 0 N–H and O–H groups in total. The molecule has 190 valence electrons. The van der Waals surface area contributed by atoms with Gasteiger partial charge in [-0.3, -0.25) is 9.47 Å². The fourth-order valence-corrected chi connectivity index (χ4v) is 6.04. The van der Waals surface area contributed by atoms with Crippen LogP contribution < -0.4 is 4.90 Å². The second-order valence-electron chi connectivity index (χ2n) is 10.5. The van der Waals surface area contributed by atoms with Crippen molar-refractivity contribution < 1.29 is 17.6 Å². The molecule has 4 heterocycles. The van der Waals surface area contributed by atoms with E-state index in [2.05, 4.69) is 20.1 Å². The van der Waals surface area contributed by atoms with Crippen LogP contribution in [0.25, 0.3) is 5.69 Å². The Morgan fingerprint density at radius 3 is 2.56 bits per heavy atom. The summed E-state index contributed by atoms with van der Waals surface area (Å²) in [4.78, 5) is 7.75. The quantitative estimate of drug-likeness (QED) is 0.432. The van der Waals surface area contributed by atoms with Crippen molar-refractivity contribution in [1.29, 1.82) is 0 Å². The molecule has 1 unspecified atom stereocenters. The maximum absolute atomic E-state index is 13.6. The lowest BCUT2D eigenvalue weighted by atomic mass is 9.57. The first-order chi connectivity index (χ1) is 17.0. The van der Waals surface area contributed by atoms with Crippen LogP contribution in [-0.4, -0.2) is 50.0 Å². The summed E-state index contributed by atoms with van der Waals surface area (Å²) in [5.74, 6) is 1.92. The largest absolute Gasteiger partial charge is 0.403 e.